The molecule has 3 heteroatoms. The number of nitrogens with zero attached hydrogens (tertiary/aromatic N) is 1. The summed E-state index contributed by atoms with van der Waals surface area (Å²) in [7, 11) is 0. The molecule has 1 heterocycles. The van der Waals surface area contributed by atoms with Crippen LogP contribution in [-0.2, 0) is 0 Å². The molecular weight excluding hydrogens is 114 g/mol. The molecule has 0 bridgehead atoms. The maximum atomic E-state index is 5.24. The lowest BCUT2D eigenvalue weighted by Crippen LogP contribution is -2.47. The molecule has 1 aliphatic rings. The van der Waals surface area contributed by atoms with Gasteiger partial charge in [-0.3, -0.25) is 5.84 Å². The fourth-order valence-electron chi connectivity index (χ4n) is 1.31. The van der Waals surface area contributed by atoms with Crippen LogP contribution in [0.15, 0.2) is 0 Å². The summed E-state index contributed by atoms with van der Waals surface area (Å²) < 4.78 is 0. The maximum Gasteiger partial charge on any atom is 0.0169 e. The van der Waals surface area contributed by atoms with E-state index in [1.807, 2.05) is 0 Å². The number of hydrogen-bond donors (Lipinski definition) is 2. The molecular formula is C6H15N3. The van der Waals surface area contributed by atoms with Gasteiger partial charge >= 0.3 is 0 Å². The third-order valence-electron chi connectivity index (χ3n) is 1.84. The Bertz CT molecular complexity index is 84.4. The summed E-state index contributed by atoms with van der Waals surface area (Å²) in [6, 6.07) is 0. The van der Waals surface area contributed by atoms with E-state index in [2.05, 4.69) is 17.5 Å². The first kappa shape index (κ1) is 6.99. The predicted molar refractivity (Wildman–Crippen MR) is 37.3 cm³/mol. The van der Waals surface area contributed by atoms with Crippen LogP contribution in [-0.4, -0.2) is 18.1 Å². The smallest absolute Gasteiger partial charge is 0.0169 e. The van der Waals surface area contributed by atoms with Gasteiger partial charge in [-0.2, -0.15) is 5.53 Å². The molecule has 0 radical (unpaired) electrons. The quantitative estimate of drug-likeness (QED) is 0.389. The van der Waals surface area contributed by atoms with Gasteiger partial charge in [0.25, 0.3) is 0 Å². The Balaban J connectivity index is 2.23. The minimum Gasteiger partial charge on any atom is -0.258 e. The molecule has 0 aliphatic carbocycles. The van der Waals surface area contributed by atoms with Crippen molar-refractivity contribution in [1.29, 1.82) is 0 Å². The van der Waals surface area contributed by atoms with Gasteiger partial charge in [0.1, 0.15) is 0 Å². The van der Waals surface area contributed by atoms with Crippen LogP contribution in [0.4, 0.5) is 0 Å². The second kappa shape index (κ2) is 3.15. The van der Waals surface area contributed by atoms with Crippen molar-refractivity contribution in [2.75, 3.05) is 13.1 Å². The van der Waals surface area contributed by atoms with Gasteiger partial charge in [0.2, 0.25) is 0 Å². The average Bonchev–Trinajstić information content (AvgIpc) is 1.88. The predicted octanol–water partition coefficient (Wildman–Crippen LogP) is 0.0966. The topological polar surface area (TPSA) is 41.3 Å². The highest BCUT2D eigenvalue weighted by molar-refractivity contribution is 4.65. The van der Waals surface area contributed by atoms with E-state index in [0.29, 0.717) is 0 Å². The lowest BCUT2D eigenvalue weighted by molar-refractivity contribution is 0.122. The van der Waals surface area contributed by atoms with Crippen LogP contribution >= 0.6 is 0 Å². The van der Waals surface area contributed by atoms with Gasteiger partial charge < -0.3 is 0 Å². The van der Waals surface area contributed by atoms with Crippen LogP contribution in [0.2, 0.25) is 0 Å². The third-order valence-corrected chi connectivity index (χ3v) is 1.84. The number of hydrazine groups is 2. The van der Waals surface area contributed by atoms with Gasteiger partial charge in [-0.05, 0) is 18.8 Å². The Hall–Kier alpha value is -0.120. The van der Waals surface area contributed by atoms with Crippen molar-refractivity contribution < 1.29 is 0 Å². The van der Waals surface area contributed by atoms with E-state index in [0.717, 1.165) is 19.0 Å². The van der Waals surface area contributed by atoms with Gasteiger partial charge in [-0.15, -0.1) is 0 Å². The number of piperidine rings is 1. The largest absolute Gasteiger partial charge is 0.258 e. The van der Waals surface area contributed by atoms with Crippen LogP contribution in [0.25, 0.3) is 0 Å². The Labute approximate surface area is 56.1 Å². The second-order valence-electron chi connectivity index (χ2n) is 2.82. The zero-order chi connectivity index (χ0) is 6.69. The standard InChI is InChI=1S/C6H15N3/c1-6-3-2-4-9(5-6)8-7/h6,8H,2-5,7H2,1H3. The molecule has 0 amide bonds. The molecule has 54 valence electrons. The van der Waals surface area contributed by atoms with Crippen molar-refractivity contribution in [2.24, 2.45) is 11.8 Å². The molecule has 3 N–H and O–H groups in total. The first-order valence-electron chi connectivity index (χ1n) is 3.54. The van der Waals surface area contributed by atoms with Crippen molar-refractivity contribution in [3.05, 3.63) is 0 Å². The summed E-state index contributed by atoms with van der Waals surface area (Å²) in [5.74, 6) is 6.04. The number of rotatable bonds is 1. The number of hydrogen-bond acceptors (Lipinski definition) is 3. The molecule has 0 spiro atoms. The molecule has 0 aromatic rings. The van der Waals surface area contributed by atoms with E-state index in [1.165, 1.54) is 12.8 Å². The lowest BCUT2D eigenvalue weighted by atomic mass is 10.0. The van der Waals surface area contributed by atoms with E-state index in [-0.39, 0.29) is 0 Å². The van der Waals surface area contributed by atoms with Crippen LogP contribution in [0, 0.1) is 5.92 Å². The molecule has 1 aliphatic heterocycles. The summed E-state index contributed by atoms with van der Waals surface area (Å²) >= 11 is 0. The molecule has 1 fully saturated rings. The van der Waals surface area contributed by atoms with Gasteiger partial charge in [-0.25, -0.2) is 5.01 Å². The minimum absolute atomic E-state index is 0.801. The summed E-state index contributed by atoms with van der Waals surface area (Å²) in [4.78, 5) is 0. The summed E-state index contributed by atoms with van der Waals surface area (Å²) in [6.45, 7) is 4.45. The molecule has 1 unspecified atom stereocenters. The highest BCUT2D eigenvalue weighted by Crippen LogP contribution is 2.12. The zero-order valence-corrected chi connectivity index (χ0v) is 5.93. The second-order valence-corrected chi connectivity index (χ2v) is 2.82. The first-order chi connectivity index (χ1) is 4.33. The van der Waals surface area contributed by atoms with Crippen molar-refractivity contribution >= 4 is 0 Å². The van der Waals surface area contributed by atoms with Crippen molar-refractivity contribution in [1.82, 2.24) is 10.5 Å². The molecule has 9 heavy (non-hydrogen) atoms. The lowest BCUT2D eigenvalue weighted by Gasteiger charge is -2.29. The molecule has 0 aromatic carbocycles. The molecule has 3 nitrogen and oxygen atoms in total. The number of nitrogens with two attached hydrogens (primary N) is 1. The van der Waals surface area contributed by atoms with Crippen LogP contribution in [0.5, 0.6) is 0 Å². The van der Waals surface area contributed by atoms with E-state index in [1.54, 1.807) is 0 Å². The van der Waals surface area contributed by atoms with E-state index in [9.17, 15) is 0 Å². The van der Waals surface area contributed by atoms with Gasteiger partial charge in [0, 0.05) is 13.1 Å². The van der Waals surface area contributed by atoms with E-state index < -0.39 is 0 Å². The molecule has 1 saturated heterocycles. The SMILES string of the molecule is CC1CCCN(NN)C1. The van der Waals surface area contributed by atoms with Crippen LogP contribution in [0.3, 0.4) is 0 Å². The van der Waals surface area contributed by atoms with Crippen LogP contribution in [0.1, 0.15) is 19.8 Å². The average molecular weight is 129 g/mol. The molecule has 1 rings (SSSR count). The Morgan fingerprint density at radius 1 is 1.67 bits per heavy atom. The van der Waals surface area contributed by atoms with Gasteiger partial charge in [-0.1, -0.05) is 6.92 Å². The highest BCUT2D eigenvalue weighted by atomic mass is 15.6. The Morgan fingerprint density at radius 3 is 2.89 bits per heavy atom. The Morgan fingerprint density at radius 2 is 2.44 bits per heavy atom. The Kier molecular flexibility index (Phi) is 2.45. The van der Waals surface area contributed by atoms with Crippen molar-refractivity contribution in [3.8, 4) is 0 Å². The summed E-state index contributed by atoms with van der Waals surface area (Å²) in [5.41, 5.74) is 2.67. The maximum absolute atomic E-state index is 5.24. The normalized spacial score (nSPS) is 30.7. The first-order valence-corrected chi connectivity index (χ1v) is 3.54. The van der Waals surface area contributed by atoms with Gasteiger partial charge in [0.15, 0.2) is 0 Å². The molecule has 1 atom stereocenters. The fraction of sp³-hybridized carbons (Fsp3) is 1.00. The van der Waals surface area contributed by atoms with Crippen molar-refractivity contribution in [2.45, 2.75) is 19.8 Å². The van der Waals surface area contributed by atoms with Crippen molar-refractivity contribution in [3.63, 3.8) is 0 Å². The summed E-state index contributed by atoms with van der Waals surface area (Å²) in [5, 5.41) is 2.06. The van der Waals surface area contributed by atoms with Crippen LogP contribution < -0.4 is 11.4 Å². The highest BCUT2D eigenvalue weighted by Gasteiger charge is 2.13. The van der Waals surface area contributed by atoms with E-state index >= 15 is 0 Å². The van der Waals surface area contributed by atoms with E-state index in [4.69, 9.17) is 5.84 Å². The zero-order valence-electron chi connectivity index (χ0n) is 5.93. The number of nitrogens with one attached hydrogen (secondary N) is 1. The monoisotopic (exact) mass is 129 g/mol. The van der Waals surface area contributed by atoms with Gasteiger partial charge in [0.05, 0.1) is 0 Å². The fourth-order valence-corrected chi connectivity index (χ4v) is 1.31. The minimum atomic E-state index is 0.801. The molecule has 0 saturated carbocycles. The summed E-state index contributed by atoms with van der Waals surface area (Å²) in [6.07, 6.45) is 2.61. The molecule has 0 aromatic heterocycles. The third kappa shape index (κ3) is 1.93.